The lowest BCUT2D eigenvalue weighted by molar-refractivity contribution is 0.0627. The van der Waals surface area contributed by atoms with Gasteiger partial charge in [0.15, 0.2) is 0 Å². The summed E-state index contributed by atoms with van der Waals surface area (Å²) in [5, 5.41) is 3.71. The average molecular weight is 286 g/mol. The van der Waals surface area contributed by atoms with Gasteiger partial charge >= 0.3 is 0 Å². The minimum absolute atomic E-state index is 0.224. The van der Waals surface area contributed by atoms with Crippen molar-refractivity contribution in [3.63, 3.8) is 0 Å². The van der Waals surface area contributed by atoms with E-state index in [4.69, 9.17) is 0 Å². The van der Waals surface area contributed by atoms with Crippen molar-refractivity contribution in [2.24, 2.45) is 5.92 Å². The van der Waals surface area contributed by atoms with E-state index < -0.39 is 0 Å². The van der Waals surface area contributed by atoms with Crippen molar-refractivity contribution < 1.29 is 0 Å². The predicted octanol–water partition coefficient (Wildman–Crippen LogP) is 3.38. The number of benzene rings is 1. The first kappa shape index (κ1) is 15.1. The van der Waals surface area contributed by atoms with Crippen molar-refractivity contribution in [2.45, 2.75) is 65.1 Å². The highest BCUT2D eigenvalue weighted by atomic mass is 15.2. The average Bonchev–Trinajstić information content (AvgIpc) is 2.84. The van der Waals surface area contributed by atoms with Crippen LogP contribution in [0.3, 0.4) is 0 Å². The normalized spacial score (nSPS) is 25.3. The number of fused-ring (bicyclic) bond motifs is 1. The minimum Gasteiger partial charge on any atom is -0.309 e. The van der Waals surface area contributed by atoms with E-state index in [2.05, 4.69) is 56.1 Å². The topological polar surface area (TPSA) is 15.3 Å². The Morgan fingerprint density at radius 3 is 2.76 bits per heavy atom. The number of piperazine rings is 1. The Balaban J connectivity index is 1.77. The van der Waals surface area contributed by atoms with E-state index in [-0.39, 0.29) is 5.54 Å². The third kappa shape index (κ3) is 3.32. The molecule has 0 bridgehead atoms. The van der Waals surface area contributed by atoms with Gasteiger partial charge in [-0.3, -0.25) is 4.90 Å². The van der Waals surface area contributed by atoms with Gasteiger partial charge in [0.25, 0.3) is 0 Å². The Morgan fingerprint density at radius 1 is 1.24 bits per heavy atom. The maximum absolute atomic E-state index is 3.71. The SMILES string of the molecule is CC(C)C1CNC(C)(C)CN1Cc1ccc2c(c1)CCC2. The van der Waals surface area contributed by atoms with E-state index in [1.807, 2.05) is 0 Å². The highest BCUT2D eigenvalue weighted by Gasteiger charge is 2.33. The van der Waals surface area contributed by atoms with Crippen LogP contribution in [0, 0.1) is 5.92 Å². The maximum atomic E-state index is 3.71. The Kier molecular flexibility index (Phi) is 4.11. The van der Waals surface area contributed by atoms with Gasteiger partial charge in [-0.25, -0.2) is 0 Å². The first-order valence-electron chi connectivity index (χ1n) is 8.54. The quantitative estimate of drug-likeness (QED) is 0.916. The zero-order chi connectivity index (χ0) is 15.0. The van der Waals surface area contributed by atoms with Gasteiger partial charge < -0.3 is 5.32 Å². The summed E-state index contributed by atoms with van der Waals surface area (Å²) >= 11 is 0. The summed E-state index contributed by atoms with van der Waals surface area (Å²) in [6.45, 7) is 12.7. The Morgan fingerprint density at radius 2 is 2.00 bits per heavy atom. The van der Waals surface area contributed by atoms with Gasteiger partial charge in [-0.15, -0.1) is 0 Å². The number of rotatable bonds is 3. The molecule has 0 amide bonds. The lowest BCUT2D eigenvalue weighted by Crippen LogP contribution is -2.62. The molecule has 2 aliphatic rings. The van der Waals surface area contributed by atoms with Gasteiger partial charge in [-0.05, 0) is 55.7 Å². The van der Waals surface area contributed by atoms with E-state index in [1.54, 1.807) is 11.1 Å². The molecule has 0 aromatic heterocycles. The summed E-state index contributed by atoms with van der Waals surface area (Å²) < 4.78 is 0. The molecule has 0 radical (unpaired) electrons. The summed E-state index contributed by atoms with van der Waals surface area (Å²) in [7, 11) is 0. The lowest BCUT2D eigenvalue weighted by Gasteiger charge is -2.46. The second-order valence-electron chi connectivity index (χ2n) is 7.94. The fraction of sp³-hybridized carbons (Fsp3) is 0.684. The predicted molar refractivity (Wildman–Crippen MR) is 89.6 cm³/mol. The largest absolute Gasteiger partial charge is 0.309 e. The lowest BCUT2D eigenvalue weighted by atomic mass is 9.92. The van der Waals surface area contributed by atoms with Crippen molar-refractivity contribution in [3.05, 3.63) is 34.9 Å². The summed E-state index contributed by atoms with van der Waals surface area (Å²) in [4.78, 5) is 2.69. The van der Waals surface area contributed by atoms with E-state index in [9.17, 15) is 0 Å². The minimum atomic E-state index is 0.224. The van der Waals surface area contributed by atoms with E-state index in [1.165, 1.54) is 24.8 Å². The zero-order valence-electron chi connectivity index (χ0n) is 14.1. The van der Waals surface area contributed by atoms with Crippen LogP contribution in [0.2, 0.25) is 0 Å². The molecule has 3 rings (SSSR count). The Labute approximate surface area is 129 Å². The van der Waals surface area contributed by atoms with Crippen LogP contribution in [0.1, 0.15) is 50.8 Å². The number of aryl methyl sites for hydroxylation is 2. The number of hydrogen-bond acceptors (Lipinski definition) is 2. The Bertz CT molecular complexity index is 504. The second kappa shape index (κ2) is 5.73. The third-order valence-corrected chi connectivity index (χ3v) is 5.18. The monoisotopic (exact) mass is 286 g/mol. The molecule has 0 spiro atoms. The van der Waals surface area contributed by atoms with Gasteiger partial charge in [0.05, 0.1) is 0 Å². The molecular formula is C19H30N2. The number of nitrogens with zero attached hydrogens (tertiary/aromatic N) is 1. The van der Waals surface area contributed by atoms with Crippen LogP contribution in [0.25, 0.3) is 0 Å². The molecule has 1 N–H and O–H groups in total. The summed E-state index contributed by atoms with van der Waals surface area (Å²) in [5.74, 6) is 0.697. The van der Waals surface area contributed by atoms with E-state index in [0.717, 1.165) is 19.6 Å². The molecule has 1 aromatic rings. The summed E-state index contributed by atoms with van der Waals surface area (Å²) in [6.07, 6.45) is 3.91. The first-order valence-corrected chi connectivity index (χ1v) is 8.54. The second-order valence-corrected chi connectivity index (χ2v) is 7.94. The molecule has 1 heterocycles. The molecule has 2 heteroatoms. The standard InChI is InChI=1S/C19H30N2/c1-14(2)18-11-20-19(3,4)13-21(18)12-15-8-9-16-6-5-7-17(16)10-15/h8-10,14,18,20H,5-7,11-13H2,1-4H3. The molecule has 0 saturated carbocycles. The highest BCUT2D eigenvalue weighted by Crippen LogP contribution is 2.26. The van der Waals surface area contributed by atoms with Gasteiger partial charge in [0.1, 0.15) is 0 Å². The van der Waals surface area contributed by atoms with Gasteiger partial charge in [0.2, 0.25) is 0 Å². The van der Waals surface area contributed by atoms with E-state index >= 15 is 0 Å². The van der Waals surface area contributed by atoms with Gasteiger partial charge in [-0.2, -0.15) is 0 Å². The maximum Gasteiger partial charge on any atom is 0.0253 e. The Hall–Kier alpha value is -0.860. The van der Waals surface area contributed by atoms with Crippen molar-refractivity contribution >= 4 is 0 Å². The fourth-order valence-corrected chi connectivity index (χ4v) is 3.98. The van der Waals surface area contributed by atoms with Crippen LogP contribution >= 0.6 is 0 Å². The van der Waals surface area contributed by atoms with Crippen LogP contribution in [0.4, 0.5) is 0 Å². The fourth-order valence-electron chi connectivity index (χ4n) is 3.98. The van der Waals surface area contributed by atoms with Crippen molar-refractivity contribution in [2.75, 3.05) is 13.1 Å². The molecule has 1 aliphatic heterocycles. The highest BCUT2D eigenvalue weighted by molar-refractivity contribution is 5.35. The van der Waals surface area contributed by atoms with Crippen LogP contribution < -0.4 is 5.32 Å². The molecule has 2 nitrogen and oxygen atoms in total. The van der Waals surface area contributed by atoms with Crippen LogP contribution in [0.15, 0.2) is 18.2 Å². The van der Waals surface area contributed by atoms with E-state index in [0.29, 0.717) is 12.0 Å². The molecule has 1 fully saturated rings. The first-order chi connectivity index (χ1) is 9.94. The molecule has 1 unspecified atom stereocenters. The van der Waals surface area contributed by atoms with Gasteiger partial charge in [-0.1, -0.05) is 32.0 Å². The molecule has 1 atom stereocenters. The molecule has 1 aromatic carbocycles. The number of hydrogen-bond donors (Lipinski definition) is 1. The molecule has 1 aliphatic carbocycles. The third-order valence-electron chi connectivity index (χ3n) is 5.18. The van der Waals surface area contributed by atoms with Crippen LogP contribution in [-0.2, 0) is 19.4 Å². The van der Waals surface area contributed by atoms with Gasteiger partial charge in [0, 0.05) is 31.2 Å². The molecular weight excluding hydrogens is 256 g/mol. The molecule has 116 valence electrons. The summed E-state index contributed by atoms with van der Waals surface area (Å²) in [6, 6.07) is 7.84. The van der Waals surface area contributed by atoms with Crippen molar-refractivity contribution in [3.8, 4) is 0 Å². The van der Waals surface area contributed by atoms with Crippen LogP contribution in [0.5, 0.6) is 0 Å². The van der Waals surface area contributed by atoms with Crippen LogP contribution in [-0.4, -0.2) is 29.6 Å². The summed E-state index contributed by atoms with van der Waals surface area (Å²) in [5.41, 5.74) is 4.91. The zero-order valence-corrected chi connectivity index (χ0v) is 14.1. The number of nitrogens with one attached hydrogen (secondary N) is 1. The molecule has 21 heavy (non-hydrogen) atoms. The molecule has 1 saturated heterocycles. The van der Waals surface area contributed by atoms with Crippen molar-refractivity contribution in [1.29, 1.82) is 0 Å². The smallest absolute Gasteiger partial charge is 0.0253 e. The van der Waals surface area contributed by atoms with Crippen molar-refractivity contribution in [1.82, 2.24) is 10.2 Å².